The molecule has 1 aromatic heterocycles. The van der Waals surface area contributed by atoms with E-state index in [9.17, 15) is 4.79 Å². The van der Waals surface area contributed by atoms with Crippen LogP contribution >= 0.6 is 11.3 Å². The van der Waals surface area contributed by atoms with E-state index in [-0.39, 0.29) is 17.9 Å². The minimum absolute atomic E-state index is 0.0453. The molecule has 2 aliphatic heterocycles. The van der Waals surface area contributed by atoms with Crippen LogP contribution in [-0.2, 0) is 9.53 Å². The number of hydrogen-bond donors (Lipinski definition) is 1. The summed E-state index contributed by atoms with van der Waals surface area (Å²) in [4.78, 5) is 19.6. The van der Waals surface area contributed by atoms with Crippen molar-refractivity contribution in [2.75, 3.05) is 31.1 Å². The second kappa shape index (κ2) is 7.30. The first kappa shape index (κ1) is 16.8. The highest BCUT2D eigenvalue weighted by Crippen LogP contribution is 2.32. The molecule has 0 spiro atoms. The van der Waals surface area contributed by atoms with Crippen LogP contribution in [0.1, 0.15) is 31.2 Å². The Balaban J connectivity index is 1.40. The number of carbonyl (C=O) groups excluding carboxylic acids is 1. The van der Waals surface area contributed by atoms with Gasteiger partial charge in [-0.3, -0.25) is 4.79 Å². The summed E-state index contributed by atoms with van der Waals surface area (Å²) in [5.74, 6) is 0.209. The van der Waals surface area contributed by atoms with E-state index in [0.717, 1.165) is 56.0 Å². The van der Waals surface area contributed by atoms with Gasteiger partial charge in [-0.25, -0.2) is 4.98 Å². The molecule has 1 aromatic carbocycles. The lowest BCUT2D eigenvalue weighted by molar-refractivity contribution is -0.125. The summed E-state index contributed by atoms with van der Waals surface area (Å²) in [6, 6.07) is 6.37. The Labute approximate surface area is 152 Å². The molecule has 1 amide bonds. The van der Waals surface area contributed by atoms with Crippen molar-refractivity contribution >= 4 is 32.6 Å². The van der Waals surface area contributed by atoms with Crippen molar-refractivity contribution in [3.8, 4) is 0 Å². The van der Waals surface area contributed by atoms with E-state index < -0.39 is 0 Å². The average molecular weight is 359 g/mol. The van der Waals surface area contributed by atoms with Gasteiger partial charge in [0.1, 0.15) is 0 Å². The summed E-state index contributed by atoms with van der Waals surface area (Å²) < 4.78 is 6.81. The summed E-state index contributed by atoms with van der Waals surface area (Å²) in [5, 5.41) is 4.13. The molecule has 0 saturated carbocycles. The van der Waals surface area contributed by atoms with Gasteiger partial charge in [-0.1, -0.05) is 17.4 Å². The number of hydrogen-bond acceptors (Lipinski definition) is 5. The summed E-state index contributed by atoms with van der Waals surface area (Å²) >= 11 is 1.73. The zero-order valence-corrected chi connectivity index (χ0v) is 15.5. The molecule has 2 unspecified atom stereocenters. The molecule has 0 aliphatic carbocycles. The van der Waals surface area contributed by atoms with Gasteiger partial charge in [0.25, 0.3) is 0 Å². The van der Waals surface area contributed by atoms with Crippen LogP contribution in [0.3, 0.4) is 0 Å². The van der Waals surface area contributed by atoms with Gasteiger partial charge in [-0.05, 0) is 50.3 Å². The lowest BCUT2D eigenvalue weighted by Gasteiger charge is -2.31. The van der Waals surface area contributed by atoms with Crippen LogP contribution in [0.4, 0.5) is 5.13 Å². The van der Waals surface area contributed by atoms with Gasteiger partial charge < -0.3 is 15.0 Å². The average Bonchev–Trinajstić information content (AvgIpc) is 3.28. The number of carbonyl (C=O) groups is 1. The Morgan fingerprint density at radius 2 is 2.32 bits per heavy atom. The van der Waals surface area contributed by atoms with Crippen LogP contribution in [0.15, 0.2) is 18.2 Å². The summed E-state index contributed by atoms with van der Waals surface area (Å²) in [5.41, 5.74) is 2.31. The van der Waals surface area contributed by atoms with Crippen molar-refractivity contribution in [1.29, 1.82) is 0 Å². The normalized spacial score (nSPS) is 24.0. The zero-order valence-electron chi connectivity index (χ0n) is 14.7. The molecule has 5 nitrogen and oxygen atoms in total. The number of benzene rings is 1. The topological polar surface area (TPSA) is 54.5 Å². The predicted octanol–water partition coefficient (Wildman–Crippen LogP) is 3.12. The van der Waals surface area contributed by atoms with E-state index in [1.807, 2.05) is 0 Å². The number of thiazole rings is 1. The van der Waals surface area contributed by atoms with Crippen molar-refractivity contribution in [1.82, 2.24) is 10.3 Å². The number of piperidine rings is 1. The fourth-order valence-electron chi connectivity index (χ4n) is 3.68. The number of nitrogens with one attached hydrogen (secondary N) is 1. The Morgan fingerprint density at radius 3 is 3.16 bits per heavy atom. The van der Waals surface area contributed by atoms with E-state index in [1.54, 1.807) is 11.3 Å². The van der Waals surface area contributed by atoms with Crippen LogP contribution in [0, 0.1) is 12.8 Å². The van der Waals surface area contributed by atoms with E-state index >= 15 is 0 Å². The number of amides is 1. The number of ether oxygens (including phenoxy) is 1. The Hall–Kier alpha value is -1.66. The van der Waals surface area contributed by atoms with E-state index in [4.69, 9.17) is 9.72 Å². The van der Waals surface area contributed by atoms with Crippen LogP contribution in [0.2, 0.25) is 0 Å². The van der Waals surface area contributed by atoms with Crippen LogP contribution in [-0.4, -0.2) is 43.2 Å². The van der Waals surface area contributed by atoms with Crippen LogP contribution in [0.5, 0.6) is 0 Å². The minimum Gasteiger partial charge on any atom is -0.376 e. The van der Waals surface area contributed by atoms with Crippen molar-refractivity contribution in [2.45, 2.75) is 38.7 Å². The van der Waals surface area contributed by atoms with Crippen molar-refractivity contribution in [3.05, 3.63) is 23.8 Å². The molecule has 2 fully saturated rings. The van der Waals surface area contributed by atoms with Gasteiger partial charge in [0.15, 0.2) is 5.13 Å². The second-order valence-corrected chi connectivity index (χ2v) is 8.14. The number of anilines is 1. The molecular weight excluding hydrogens is 334 g/mol. The number of nitrogens with zero attached hydrogens (tertiary/aromatic N) is 2. The number of aryl methyl sites for hydroxylation is 1. The quantitative estimate of drug-likeness (QED) is 0.911. The largest absolute Gasteiger partial charge is 0.376 e. The molecule has 0 radical (unpaired) electrons. The lowest BCUT2D eigenvalue weighted by Crippen LogP contribution is -2.44. The second-order valence-electron chi connectivity index (χ2n) is 7.13. The first-order valence-corrected chi connectivity index (χ1v) is 10.0. The maximum absolute atomic E-state index is 12.5. The number of fused-ring (bicyclic) bond motifs is 1. The third kappa shape index (κ3) is 3.80. The summed E-state index contributed by atoms with van der Waals surface area (Å²) in [6.45, 7) is 5.32. The first-order valence-electron chi connectivity index (χ1n) is 9.20. The van der Waals surface area contributed by atoms with E-state index in [2.05, 4.69) is 35.3 Å². The van der Waals surface area contributed by atoms with Crippen LogP contribution < -0.4 is 10.2 Å². The monoisotopic (exact) mass is 359 g/mol. The van der Waals surface area contributed by atoms with E-state index in [1.165, 1.54) is 10.3 Å². The number of aromatic nitrogens is 1. The minimum atomic E-state index is 0.0453. The van der Waals surface area contributed by atoms with Gasteiger partial charge in [-0.15, -0.1) is 0 Å². The molecule has 2 aromatic rings. The molecule has 4 rings (SSSR count). The summed E-state index contributed by atoms with van der Waals surface area (Å²) in [7, 11) is 0. The van der Waals surface area contributed by atoms with Crippen molar-refractivity contribution in [3.63, 3.8) is 0 Å². The molecule has 2 atom stereocenters. The van der Waals surface area contributed by atoms with Gasteiger partial charge in [0.2, 0.25) is 5.91 Å². The number of rotatable bonds is 4. The standard InChI is InChI=1S/C19H25N3O2S/c1-13-6-7-16-17(10-13)25-19(21-16)22-8-2-4-14(12-22)18(23)20-11-15-5-3-9-24-15/h6-7,10,14-15H,2-5,8-9,11-12H2,1H3,(H,20,23). The predicted molar refractivity (Wildman–Crippen MR) is 101 cm³/mol. The molecule has 2 aliphatic rings. The molecule has 0 bridgehead atoms. The molecule has 134 valence electrons. The van der Waals surface area contributed by atoms with Crippen molar-refractivity contribution < 1.29 is 9.53 Å². The highest BCUT2D eigenvalue weighted by Gasteiger charge is 2.28. The summed E-state index contributed by atoms with van der Waals surface area (Å²) in [6.07, 6.45) is 4.36. The molecular formula is C19H25N3O2S. The first-order chi connectivity index (χ1) is 12.2. The smallest absolute Gasteiger partial charge is 0.224 e. The fraction of sp³-hybridized carbons (Fsp3) is 0.579. The van der Waals surface area contributed by atoms with Gasteiger partial charge in [0.05, 0.1) is 22.2 Å². The highest BCUT2D eigenvalue weighted by molar-refractivity contribution is 7.22. The fourth-order valence-corrected chi connectivity index (χ4v) is 4.78. The maximum atomic E-state index is 12.5. The Morgan fingerprint density at radius 1 is 1.40 bits per heavy atom. The molecule has 1 N–H and O–H groups in total. The third-order valence-electron chi connectivity index (χ3n) is 5.12. The van der Waals surface area contributed by atoms with Gasteiger partial charge in [0, 0.05) is 26.2 Å². The molecule has 2 saturated heterocycles. The highest BCUT2D eigenvalue weighted by atomic mass is 32.1. The Bertz CT molecular complexity index is 754. The van der Waals surface area contributed by atoms with E-state index in [0.29, 0.717) is 6.54 Å². The Kier molecular flexibility index (Phi) is 4.90. The molecule has 3 heterocycles. The lowest BCUT2D eigenvalue weighted by atomic mass is 9.97. The zero-order chi connectivity index (χ0) is 17.2. The SMILES string of the molecule is Cc1ccc2nc(N3CCCC(C(=O)NCC4CCCO4)C3)sc2c1. The maximum Gasteiger partial charge on any atom is 0.224 e. The third-order valence-corrected chi connectivity index (χ3v) is 6.20. The van der Waals surface area contributed by atoms with Gasteiger partial charge in [-0.2, -0.15) is 0 Å². The van der Waals surface area contributed by atoms with Crippen LogP contribution in [0.25, 0.3) is 10.2 Å². The molecule has 25 heavy (non-hydrogen) atoms. The molecule has 6 heteroatoms. The van der Waals surface area contributed by atoms with Gasteiger partial charge >= 0.3 is 0 Å². The van der Waals surface area contributed by atoms with Crippen molar-refractivity contribution in [2.24, 2.45) is 5.92 Å².